The Labute approximate surface area is 115 Å². The zero-order chi connectivity index (χ0) is 13.1. The quantitative estimate of drug-likeness (QED) is 0.935. The molecule has 0 radical (unpaired) electrons. The van der Waals surface area contributed by atoms with Crippen LogP contribution in [0.1, 0.15) is 24.4 Å². The Morgan fingerprint density at radius 1 is 1.39 bits per heavy atom. The van der Waals surface area contributed by atoms with Gasteiger partial charge in [-0.25, -0.2) is 0 Å². The Kier molecular flexibility index (Phi) is 4.09. The van der Waals surface area contributed by atoms with Crippen LogP contribution in [0.3, 0.4) is 0 Å². The Morgan fingerprint density at radius 2 is 2.17 bits per heavy atom. The lowest BCUT2D eigenvalue weighted by Crippen LogP contribution is -2.18. The fourth-order valence-corrected chi connectivity index (χ4v) is 2.31. The Bertz CT molecular complexity index is 509. The minimum absolute atomic E-state index is 0.503. The predicted molar refractivity (Wildman–Crippen MR) is 75.6 cm³/mol. The number of aliphatic hydroxyl groups excluding tert-OH is 1. The van der Waals surface area contributed by atoms with Gasteiger partial charge in [0.2, 0.25) is 0 Å². The Morgan fingerprint density at radius 3 is 2.78 bits per heavy atom. The molecule has 0 bridgehead atoms. The molecule has 0 spiro atoms. The second-order valence-electron chi connectivity index (χ2n) is 4.31. The van der Waals surface area contributed by atoms with E-state index in [-0.39, 0.29) is 0 Å². The standard InChI is InChI=1S/C14H16BrNO2/c1-10(17)13-8-11(15)5-6-14(13)16(2)9-12-4-3-7-18-12/h3-8,10,17H,9H2,1-2H3. The van der Waals surface area contributed by atoms with Gasteiger partial charge in [0.05, 0.1) is 18.9 Å². The summed E-state index contributed by atoms with van der Waals surface area (Å²) < 4.78 is 6.30. The molecule has 2 aromatic rings. The number of hydrogen-bond donors (Lipinski definition) is 1. The Balaban J connectivity index is 2.26. The van der Waals surface area contributed by atoms with Crippen molar-refractivity contribution < 1.29 is 9.52 Å². The predicted octanol–water partition coefficient (Wildman–Crippen LogP) is 3.73. The SMILES string of the molecule is CC(O)c1cc(Br)ccc1N(C)Cc1ccco1. The molecule has 2 rings (SSSR count). The summed E-state index contributed by atoms with van der Waals surface area (Å²) in [6, 6.07) is 9.73. The zero-order valence-electron chi connectivity index (χ0n) is 10.4. The van der Waals surface area contributed by atoms with E-state index in [9.17, 15) is 5.11 Å². The van der Waals surface area contributed by atoms with Gasteiger partial charge in [-0.1, -0.05) is 15.9 Å². The summed E-state index contributed by atoms with van der Waals surface area (Å²) in [5.74, 6) is 0.900. The molecule has 4 heteroatoms. The minimum Gasteiger partial charge on any atom is -0.467 e. The molecule has 0 aliphatic heterocycles. The smallest absolute Gasteiger partial charge is 0.123 e. The fourth-order valence-electron chi connectivity index (χ4n) is 1.93. The number of benzene rings is 1. The summed E-state index contributed by atoms with van der Waals surface area (Å²) in [6.45, 7) is 2.44. The largest absolute Gasteiger partial charge is 0.467 e. The van der Waals surface area contributed by atoms with Crippen molar-refractivity contribution in [3.8, 4) is 0 Å². The molecular formula is C14H16BrNO2. The molecule has 1 atom stereocenters. The topological polar surface area (TPSA) is 36.6 Å². The average molecular weight is 310 g/mol. The van der Waals surface area contributed by atoms with Crippen molar-refractivity contribution in [1.29, 1.82) is 0 Å². The molecule has 0 aliphatic rings. The van der Waals surface area contributed by atoms with Gasteiger partial charge in [-0.05, 0) is 37.3 Å². The van der Waals surface area contributed by atoms with Gasteiger partial charge >= 0.3 is 0 Å². The van der Waals surface area contributed by atoms with E-state index in [1.54, 1.807) is 13.2 Å². The lowest BCUT2D eigenvalue weighted by Gasteiger charge is -2.23. The van der Waals surface area contributed by atoms with Gasteiger partial charge in [0.1, 0.15) is 5.76 Å². The van der Waals surface area contributed by atoms with Crippen LogP contribution in [-0.2, 0) is 6.54 Å². The second-order valence-corrected chi connectivity index (χ2v) is 5.23. The summed E-state index contributed by atoms with van der Waals surface area (Å²) in [4.78, 5) is 2.06. The first kappa shape index (κ1) is 13.2. The number of furan rings is 1. The lowest BCUT2D eigenvalue weighted by atomic mass is 10.1. The van der Waals surface area contributed by atoms with E-state index in [1.807, 2.05) is 37.4 Å². The van der Waals surface area contributed by atoms with E-state index in [2.05, 4.69) is 20.8 Å². The summed E-state index contributed by atoms with van der Waals surface area (Å²) in [7, 11) is 1.98. The minimum atomic E-state index is -0.503. The van der Waals surface area contributed by atoms with Crippen LogP contribution in [0, 0.1) is 0 Å². The van der Waals surface area contributed by atoms with Crippen molar-refractivity contribution in [3.05, 3.63) is 52.4 Å². The molecule has 1 heterocycles. The molecule has 18 heavy (non-hydrogen) atoms. The maximum absolute atomic E-state index is 9.83. The second kappa shape index (κ2) is 5.59. The molecule has 0 fully saturated rings. The third kappa shape index (κ3) is 2.94. The zero-order valence-corrected chi connectivity index (χ0v) is 12.0. The van der Waals surface area contributed by atoms with Gasteiger partial charge < -0.3 is 14.4 Å². The van der Waals surface area contributed by atoms with E-state index in [0.717, 1.165) is 21.5 Å². The van der Waals surface area contributed by atoms with Crippen molar-refractivity contribution in [2.75, 3.05) is 11.9 Å². The van der Waals surface area contributed by atoms with Crippen LogP contribution >= 0.6 is 15.9 Å². The molecule has 1 aromatic heterocycles. The number of nitrogens with zero attached hydrogens (tertiary/aromatic N) is 1. The number of hydrogen-bond acceptors (Lipinski definition) is 3. The van der Waals surface area contributed by atoms with E-state index >= 15 is 0 Å². The van der Waals surface area contributed by atoms with Gasteiger partial charge in [0, 0.05) is 22.8 Å². The van der Waals surface area contributed by atoms with Gasteiger partial charge in [0.15, 0.2) is 0 Å². The highest BCUT2D eigenvalue weighted by Crippen LogP contribution is 2.29. The van der Waals surface area contributed by atoms with Crippen LogP contribution in [0.2, 0.25) is 0 Å². The Hall–Kier alpha value is -1.26. The van der Waals surface area contributed by atoms with Crippen LogP contribution in [-0.4, -0.2) is 12.2 Å². The first-order valence-electron chi connectivity index (χ1n) is 5.79. The molecule has 0 saturated carbocycles. The van der Waals surface area contributed by atoms with Crippen molar-refractivity contribution in [2.24, 2.45) is 0 Å². The van der Waals surface area contributed by atoms with Crippen molar-refractivity contribution in [3.63, 3.8) is 0 Å². The number of halogens is 1. The van der Waals surface area contributed by atoms with Crippen LogP contribution in [0.5, 0.6) is 0 Å². The third-order valence-electron chi connectivity index (χ3n) is 2.82. The highest BCUT2D eigenvalue weighted by molar-refractivity contribution is 9.10. The number of aliphatic hydroxyl groups is 1. The van der Waals surface area contributed by atoms with Crippen molar-refractivity contribution in [2.45, 2.75) is 19.6 Å². The molecule has 0 aliphatic carbocycles. The third-order valence-corrected chi connectivity index (χ3v) is 3.32. The van der Waals surface area contributed by atoms with Gasteiger partial charge in [0.25, 0.3) is 0 Å². The van der Waals surface area contributed by atoms with Gasteiger partial charge in [-0.2, -0.15) is 0 Å². The molecular weight excluding hydrogens is 294 g/mol. The monoisotopic (exact) mass is 309 g/mol. The lowest BCUT2D eigenvalue weighted by molar-refractivity contribution is 0.199. The van der Waals surface area contributed by atoms with E-state index in [4.69, 9.17) is 4.42 Å². The molecule has 1 unspecified atom stereocenters. The van der Waals surface area contributed by atoms with Crippen LogP contribution in [0.15, 0.2) is 45.5 Å². The van der Waals surface area contributed by atoms with Gasteiger partial charge in [-0.15, -0.1) is 0 Å². The molecule has 3 nitrogen and oxygen atoms in total. The average Bonchev–Trinajstić information content (AvgIpc) is 2.81. The van der Waals surface area contributed by atoms with Crippen LogP contribution in [0.4, 0.5) is 5.69 Å². The maximum Gasteiger partial charge on any atom is 0.123 e. The molecule has 0 amide bonds. The summed E-state index contributed by atoms with van der Waals surface area (Å²) in [5, 5.41) is 9.83. The fraction of sp³-hybridized carbons (Fsp3) is 0.286. The maximum atomic E-state index is 9.83. The molecule has 1 N–H and O–H groups in total. The van der Waals surface area contributed by atoms with Crippen LogP contribution in [0.25, 0.3) is 0 Å². The first-order chi connectivity index (χ1) is 8.58. The number of anilines is 1. The normalized spacial score (nSPS) is 12.4. The van der Waals surface area contributed by atoms with Crippen molar-refractivity contribution in [1.82, 2.24) is 0 Å². The first-order valence-corrected chi connectivity index (χ1v) is 6.58. The van der Waals surface area contributed by atoms with Crippen LogP contribution < -0.4 is 4.90 Å². The van der Waals surface area contributed by atoms with E-state index < -0.39 is 6.10 Å². The molecule has 96 valence electrons. The molecule has 0 saturated heterocycles. The summed E-state index contributed by atoms with van der Waals surface area (Å²) in [5.41, 5.74) is 1.91. The van der Waals surface area contributed by atoms with E-state index in [1.165, 1.54) is 0 Å². The number of rotatable bonds is 4. The van der Waals surface area contributed by atoms with E-state index in [0.29, 0.717) is 6.54 Å². The van der Waals surface area contributed by atoms with Gasteiger partial charge in [-0.3, -0.25) is 0 Å². The summed E-state index contributed by atoms with van der Waals surface area (Å²) >= 11 is 3.43. The highest BCUT2D eigenvalue weighted by Gasteiger charge is 2.13. The van der Waals surface area contributed by atoms with Crippen molar-refractivity contribution >= 4 is 21.6 Å². The summed E-state index contributed by atoms with van der Waals surface area (Å²) in [6.07, 6.45) is 1.16. The highest BCUT2D eigenvalue weighted by atomic mass is 79.9. The molecule has 1 aromatic carbocycles.